The lowest BCUT2D eigenvalue weighted by atomic mass is 10.0. The number of carbonyl (C=O) groups is 2. The van der Waals surface area contributed by atoms with E-state index < -0.39 is 6.04 Å². The van der Waals surface area contributed by atoms with Crippen molar-refractivity contribution in [3.05, 3.63) is 70.4 Å². The zero-order valence-corrected chi connectivity index (χ0v) is 23.0. The van der Waals surface area contributed by atoms with E-state index in [1.165, 1.54) is 0 Å². The Kier molecular flexibility index (Phi) is 8.41. The van der Waals surface area contributed by atoms with Gasteiger partial charge in [-0.25, -0.2) is 4.68 Å². The molecule has 2 aromatic carbocycles. The molecular formula is C29H33N5O4S. The molecule has 0 saturated heterocycles. The highest BCUT2D eigenvalue weighted by Gasteiger charge is 2.34. The molecule has 4 aromatic rings. The standard InChI is InChI=1S/C29H33N5O4S/c1-3-38-25-15-14-20(17-26(25)37-2)28(29(36)30-21-9-4-5-10-21)33(18-22-11-8-16-39-22)27(35)19-34-24-13-7-6-12-23(24)31-32-34/h6-8,11-17,21,28H,3-5,9-10,18-19H2,1-2H3,(H,30,36)/t28-/m1/s1. The minimum Gasteiger partial charge on any atom is -0.493 e. The molecule has 5 rings (SSSR count). The quantitative estimate of drug-likeness (QED) is 0.292. The largest absolute Gasteiger partial charge is 0.493 e. The summed E-state index contributed by atoms with van der Waals surface area (Å²) in [5.41, 5.74) is 2.12. The number of rotatable bonds is 11. The normalized spacial score (nSPS) is 14.3. The Hall–Kier alpha value is -3.92. The Balaban J connectivity index is 1.54. The van der Waals surface area contributed by atoms with Crippen molar-refractivity contribution in [3.8, 4) is 11.5 Å². The first-order valence-corrected chi connectivity index (χ1v) is 14.2. The number of ether oxygens (including phenoxy) is 2. The van der Waals surface area contributed by atoms with Gasteiger partial charge >= 0.3 is 0 Å². The number of methoxy groups -OCH3 is 1. The molecule has 39 heavy (non-hydrogen) atoms. The van der Waals surface area contributed by atoms with Gasteiger partial charge in [-0.15, -0.1) is 16.4 Å². The highest BCUT2D eigenvalue weighted by Crippen LogP contribution is 2.34. The van der Waals surface area contributed by atoms with E-state index in [9.17, 15) is 9.59 Å². The summed E-state index contributed by atoms with van der Waals surface area (Å²) in [5, 5.41) is 13.6. The fraction of sp³-hybridized carbons (Fsp3) is 0.379. The van der Waals surface area contributed by atoms with Crippen LogP contribution < -0.4 is 14.8 Å². The number of nitrogens with one attached hydrogen (secondary N) is 1. The van der Waals surface area contributed by atoms with Crippen molar-refractivity contribution in [2.75, 3.05) is 13.7 Å². The molecule has 1 aliphatic rings. The number of carbonyl (C=O) groups excluding carboxylic acids is 2. The number of hydrogen-bond acceptors (Lipinski definition) is 7. The molecule has 2 heterocycles. The second-order valence-corrected chi connectivity index (χ2v) is 10.6. The van der Waals surface area contributed by atoms with E-state index in [4.69, 9.17) is 9.47 Å². The van der Waals surface area contributed by atoms with Crippen LogP contribution in [0.15, 0.2) is 60.0 Å². The van der Waals surface area contributed by atoms with Crippen LogP contribution in [0.2, 0.25) is 0 Å². The maximum Gasteiger partial charge on any atom is 0.247 e. The molecule has 1 N–H and O–H groups in total. The van der Waals surface area contributed by atoms with Crippen LogP contribution in [0.4, 0.5) is 0 Å². The molecular weight excluding hydrogens is 514 g/mol. The molecule has 2 amide bonds. The maximum atomic E-state index is 14.1. The predicted octanol–water partition coefficient (Wildman–Crippen LogP) is 4.73. The molecule has 0 radical (unpaired) electrons. The van der Waals surface area contributed by atoms with Crippen LogP contribution in [-0.2, 0) is 22.7 Å². The van der Waals surface area contributed by atoms with Crippen molar-refractivity contribution in [1.29, 1.82) is 0 Å². The van der Waals surface area contributed by atoms with Gasteiger partial charge in [0.2, 0.25) is 11.8 Å². The highest BCUT2D eigenvalue weighted by atomic mass is 32.1. The Bertz CT molecular complexity index is 1410. The van der Waals surface area contributed by atoms with Crippen molar-refractivity contribution in [1.82, 2.24) is 25.2 Å². The van der Waals surface area contributed by atoms with Gasteiger partial charge in [0, 0.05) is 10.9 Å². The smallest absolute Gasteiger partial charge is 0.247 e. The van der Waals surface area contributed by atoms with E-state index in [1.54, 1.807) is 40.2 Å². The van der Waals surface area contributed by atoms with Crippen molar-refractivity contribution in [2.45, 2.75) is 57.8 Å². The first-order valence-electron chi connectivity index (χ1n) is 13.3. The Morgan fingerprint density at radius 2 is 1.95 bits per heavy atom. The van der Waals surface area contributed by atoms with E-state index in [0.29, 0.717) is 29.2 Å². The third-order valence-electron chi connectivity index (χ3n) is 7.00. The van der Waals surface area contributed by atoms with E-state index in [1.807, 2.05) is 54.8 Å². The van der Waals surface area contributed by atoms with Crippen molar-refractivity contribution in [2.24, 2.45) is 0 Å². The number of aromatic nitrogens is 3. The summed E-state index contributed by atoms with van der Waals surface area (Å²) in [6, 6.07) is 16.1. The third kappa shape index (κ3) is 6.06. The van der Waals surface area contributed by atoms with E-state index >= 15 is 0 Å². The zero-order valence-electron chi connectivity index (χ0n) is 22.2. The summed E-state index contributed by atoms with van der Waals surface area (Å²) in [4.78, 5) is 30.7. The number of amides is 2. The lowest BCUT2D eigenvalue weighted by Crippen LogP contribution is -2.46. The lowest BCUT2D eigenvalue weighted by Gasteiger charge is -2.32. The molecule has 0 spiro atoms. The van der Waals surface area contributed by atoms with E-state index in [0.717, 1.165) is 36.1 Å². The summed E-state index contributed by atoms with van der Waals surface area (Å²) in [5.74, 6) is 0.655. The Morgan fingerprint density at radius 3 is 2.69 bits per heavy atom. The molecule has 10 heteroatoms. The van der Waals surface area contributed by atoms with Gasteiger partial charge in [0.25, 0.3) is 0 Å². The summed E-state index contributed by atoms with van der Waals surface area (Å²) in [7, 11) is 1.57. The molecule has 2 aromatic heterocycles. The Morgan fingerprint density at radius 1 is 1.13 bits per heavy atom. The maximum absolute atomic E-state index is 14.1. The van der Waals surface area contributed by atoms with Gasteiger partial charge in [-0.2, -0.15) is 0 Å². The van der Waals surface area contributed by atoms with Gasteiger partial charge in [-0.05, 0) is 61.0 Å². The summed E-state index contributed by atoms with van der Waals surface area (Å²) < 4.78 is 12.9. The van der Waals surface area contributed by atoms with Crippen LogP contribution in [0.3, 0.4) is 0 Å². The van der Waals surface area contributed by atoms with Crippen LogP contribution in [0.1, 0.15) is 49.1 Å². The van der Waals surface area contributed by atoms with Gasteiger partial charge in [-0.3, -0.25) is 9.59 Å². The molecule has 1 fully saturated rings. The summed E-state index contributed by atoms with van der Waals surface area (Å²) in [6.07, 6.45) is 4.05. The minimum absolute atomic E-state index is 0.0484. The van der Waals surface area contributed by atoms with Crippen LogP contribution in [0.25, 0.3) is 11.0 Å². The third-order valence-corrected chi connectivity index (χ3v) is 7.86. The zero-order chi connectivity index (χ0) is 27.2. The lowest BCUT2D eigenvalue weighted by molar-refractivity contribution is -0.142. The number of fused-ring (bicyclic) bond motifs is 1. The average Bonchev–Trinajstić information content (AvgIpc) is 3.73. The molecule has 1 aliphatic carbocycles. The molecule has 0 bridgehead atoms. The van der Waals surface area contributed by atoms with Crippen molar-refractivity contribution < 1.29 is 19.1 Å². The molecule has 0 unspecified atom stereocenters. The first-order chi connectivity index (χ1) is 19.1. The predicted molar refractivity (Wildman–Crippen MR) is 150 cm³/mol. The topological polar surface area (TPSA) is 98.6 Å². The average molecular weight is 548 g/mol. The molecule has 204 valence electrons. The number of benzene rings is 2. The molecule has 1 atom stereocenters. The number of hydrogen-bond donors (Lipinski definition) is 1. The van der Waals surface area contributed by atoms with Gasteiger partial charge < -0.3 is 19.7 Å². The number of para-hydroxylation sites is 1. The second kappa shape index (κ2) is 12.3. The molecule has 0 aliphatic heterocycles. The van der Waals surface area contributed by atoms with E-state index in [2.05, 4.69) is 15.6 Å². The molecule has 1 saturated carbocycles. The fourth-order valence-corrected chi connectivity index (χ4v) is 5.80. The first kappa shape index (κ1) is 26.7. The number of nitrogens with zero attached hydrogens (tertiary/aromatic N) is 4. The molecule has 9 nitrogen and oxygen atoms in total. The van der Waals surface area contributed by atoms with Crippen molar-refractivity contribution in [3.63, 3.8) is 0 Å². The van der Waals surface area contributed by atoms with Crippen LogP contribution in [-0.4, -0.2) is 51.5 Å². The summed E-state index contributed by atoms with van der Waals surface area (Å²) >= 11 is 1.55. The highest BCUT2D eigenvalue weighted by molar-refractivity contribution is 7.09. The van der Waals surface area contributed by atoms with Crippen LogP contribution in [0, 0.1) is 0 Å². The van der Waals surface area contributed by atoms with Gasteiger partial charge in [0.1, 0.15) is 18.1 Å². The van der Waals surface area contributed by atoms with Gasteiger partial charge in [0.05, 0.1) is 25.8 Å². The van der Waals surface area contributed by atoms with Gasteiger partial charge in [-0.1, -0.05) is 42.3 Å². The van der Waals surface area contributed by atoms with Crippen LogP contribution >= 0.6 is 11.3 Å². The monoisotopic (exact) mass is 547 g/mol. The SMILES string of the molecule is CCOc1ccc([C@H](C(=O)NC2CCCC2)N(Cc2cccs2)C(=O)Cn2nnc3ccccc32)cc1OC. The fourth-order valence-electron chi connectivity index (χ4n) is 5.10. The minimum atomic E-state index is -0.875. The number of thiophene rings is 1. The van der Waals surface area contributed by atoms with E-state index in [-0.39, 0.29) is 30.9 Å². The second-order valence-electron chi connectivity index (χ2n) is 9.57. The van der Waals surface area contributed by atoms with Crippen LogP contribution in [0.5, 0.6) is 11.5 Å². The Labute approximate surface area is 231 Å². The van der Waals surface area contributed by atoms with Crippen molar-refractivity contribution >= 4 is 34.2 Å². The van der Waals surface area contributed by atoms with Gasteiger partial charge in [0.15, 0.2) is 11.5 Å². The summed E-state index contributed by atoms with van der Waals surface area (Å²) in [6.45, 7) is 2.62.